The van der Waals surface area contributed by atoms with E-state index >= 15 is 8.78 Å². The number of carboxylic acid groups (broad SMARTS) is 1. The zero-order valence-electron chi connectivity index (χ0n) is 21.2. The number of alkyl halides is 2. The summed E-state index contributed by atoms with van der Waals surface area (Å²) in [5.74, 6) is -4.47. The van der Waals surface area contributed by atoms with Crippen molar-refractivity contribution in [3.8, 4) is 0 Å². The number of hydrogen-bond acceptors (Lipinski definition) is 6. The summed E-state index contributed by atoms with van der Waals surface area (Å²) >= 11 is 3.19. The van der Waals surface area contributed by atoms with Crippen molar-refractivity contribution in [2.24, 2.45) is 28.6 Å². The number of rotatable bonds is 7. The van der Waals surface area contributed by atoms with Crippen molar-refractivity contribution < 1.29 is 43.6 Å². The molecule has 0 aromatic rings. The van der Waals surface area contributed by atoms with Gasteiger partial charge in [0.05, 0.1) is 17.0 Å². The van der Waals surface area contributed by atoms with Crippen LogP contribution in [0.2, 0.25) is 0 Å². The summed E-state index contributed by atoms with van der Waals surface area (Å²) in [5.41, 5.74) is -6.28. The SMILES string of the molecule is C[C@@H]1C[C@H]2[C@@H]3C[C@@H](F)C4=CC(=O)C(Br)=C[C@]4(C)[C@@]3(F)CC[C@]2(C)[C@@]1(O)C(=O)C(O)CCC(O)CC(=O)O. The minimum absolute atomic E-state index is 0.0636. The van der Waals surface area contributed by atoms with Gasteiger partial charge < -0.3 is 20.4 Å². The number of carbonyl (C=O) groups excluding carboxylic acids is 2. The Hall–Kier alpha value is -1.49. The van der Waals surface area contributed by atoms with Crippen LogP contribution in [-0.4, -0.2) is 67.6 Å². The zero-order valence-corrected chi connectivity index (χ0v) is 22.8. The molecule has 0 aliphatic heterocycles. The molecule has 4 rings (SSSR count). The highest BCUT2D eigenvalue weighted by molar-refractivity contribution is 9.12. The zero-order chi connectivity index (χ0) is 27.7. The molecular weight excluding hydrogens is 554 g/mol. The summed E-state index contributed by atoms with van der Waals surface area (Å²) in [7, 11) is 0. The van der Waals surface area contributed by atoms with Crippen molar-refractivity contribution in [2.45, 2.75) is 95.4 Å². The molecule has 10 heteroatoms. The van der Waals surface area contributed by atoms with Crippen LogP contribution >= 0.6 is 15.9 Å². The molecule has 4 N–H and O–H groups in total. The summed E-state index contributed by atoms with van der Waals surface area (Å²) in [5, 5.41) is 41.2. The second kappa shape index (κ2) is 9.31. The molecule has 0 amide bonds. The highest BCUT2D eigenvalue weighted by atomic mass is 79.9. The van der Waals surface area contributed by atoms with E-state index in [0.717, 1.165) is 0 Å². The smallest absolute Gasteiger partial charge is 0.305 e. The lowest BCUT2D eigenvalue weighted by Crippen LogP contribution is -2.66. The first-order chi connectivity index (χ1) is 17.0. The van der Waals surface area contributed by atoms with E-state index in [4.69, 9.17) is 5.11 Å². The van der Waals surface area contributed by atoms with Crippen molar-refractivity contribution in [3.63, 3.8) is 0 Å². The van der Waals surface area contributed by atoms with Crippen LogP contribution in [0.1, 0.15) is 65.7 Å². The number of ketones is 2. The van der Waals surface area contributed by atoms with E-state index < -0.39 is 82.2 Å². The van der Waals surface area contributed by atoms with Crippen LogP contribution in [0.4, 0.5) is 8.78 Å². The Morgan fingerprint density at radius 1 is 1.16 bits per heavy atom. The molecule has 4 aliphatic carbocycles. The Labute approximate surface area is 223 Å². The number of aliphatic hydroxyl groups is 3. The monoisotopic (exact) mass is 588 g/mol. The van der Waals surface area contributed by atoms with E-state index in [0.29, 0.717) is 0 Å². The maximum Gasteiger partial charge on any atom is 0.305 e. The van der Waals surface area contributed by atoms with Crippen LogP contribution in [0.15, 0.2) is 22.2 Å². The highest BCUT2D eigenvalue weighted by Crippen LogP contribution is 2.71. The first kappa shape index (κ1) is 28.5. The van der Waals surface area contributed by atoms with Crippen molar-refractivity contribution in [2.75, 3.05) is 0 Å². The van der Waals surface area contributed by atoms with Gasteiger partial charge in [-0.25, -0.2) is 8.78 Å². The lowest BCUT2D eigenvalue weighted by molar-refractivity contribution is -0.189. The van der Waals surface area contributed by atoms with Crippen LogP contribution in [-0.2, 0) is 14.4 Å². The molecule has 10 atom stereocenters. The van der Waals surface area contributed by atoms with Crippen molar-refractivity contribution >= 4 is 33.5 Å². The second-order valence-electron chi connectivity index (χ2n) is 12.0. The average molecular weight is 589 g/mol. The number of aliphatic carboxylic acids is 1. The van der Waals surface area contributed by atoms with Gasteiger partial charge in [0.2, 0.25) is 0 Å². The maximum absolute atomic E-state index is 17.2. The third-order valence-electron chi connectivity index (χ3n) is 10.2. The molecule has 3 saturated carbocycles. The molecule has 7 nitrogen and oxygen atoms in total. The summed E-state index contributed by atoms with van der Waals surface area (Å²) in [6.45, 7) is 4.99. The number of fused-ring (bicyclic) bond motifs is 5. The molecule has 206 valence electrons. The molecule has 0 radical (unpaired) electrons. The number of halogens is 3. The molecule has 3 fully saturated rings. The van der Waals surface area contributed by atoms with Crippen LogP contribution in [0, 0.1) is 28.6 Å². The van der Waals surface area contributed by atoms with Crippen molar-refractivity contribution in [3.05, 3.63) is 22.2 Å². The second-order valence-corrected chi connectivity index (χ2v) is 12.8. The van der Waals surface area contributed by atoms with Crippen LogP contribution in [0.25, 0.3) is 0 Å². The van der Waals surface area contributed by atoms with Gasteiger partial charge in [0.1, 0.15) is 23.5 Å². The number of Topliss-reactive ketones (excluding diaryl/α,β-unsaturated/α-hetero) is 1. The number of carbonyl (C=O) groups is 3. The van der Waals surface area contributed by atoms with E-state index in [1.807, 2.05) is 0 Å². The number of carboxylic acids is 1. The molecular formula is C27H35BrF2O7. The highest BCUT2D eigenvalue weighted by Gasteiger charge is 2.74. The summed E-state index contributed by atoms with van der Waals surface area (Å²) in [4.78, 5) is 36.5. The summed E-state index contributed by atoms with van der Waals surface area (Å²) < 4.78 is 32.9. The largest absolute Gasteiger partial charge is 0.481 e. The quantitative estimate of drug-likeness (QED) is 0.357. The fraction of sp³-hybridized carbons (Fsp3) is 0.741. The number of aliphatic hydroxyl groups excluding tert-OH is 2. The van der Waals surface area contributed by atoms with Crippen LogP contribution < -0.4 is 0 Å². The topological polar surface area (TPSA) is 132 Å². The molecule has 2 unspecified atom stereocenters. The van der Waals surface area contributed by atoms with Gasteiger partial charge in [-0.3, -0.25) is 14.4 Å². The van der Waals surface area contributed by atoms with Gasteiger partial charge in [-0.05, 0) is 84.9 Å². The molecule has 0 heterocycles. The predicted octanol–water partition coefficient (Wildman–Crippen LogP) is 3.58. The van der Waals surface area contributed by atoms with Crippen LogP contribution in [0.3, 0.4) is 0 Å². The molecule has 0 aromatic carbocycles. The third kappa shape index (κ3) is 4.00. The van der Waals surface area contributed by atoms with Gasteiger partial charge in [0.15, 0.2) is 11.6 Å². The van der Waals surface area contributed by atoms with Gasteiger partial charge in [0.25, 0.3) is 0 Å². The normalized spacial score (nSPS) is 44.6. The van der Waals surface area contributed by atoms with E-state index in [1.165, 1.54) is 12.2 Å². The molecule has 0 spiro atoms. The molecule has 4 aliphatic rings. The minimum atomic E-state index is -2.00. The van der Waals surface area contributed by atoms with Gasteiger partial charge in [-0.15, -0.1) is 0 Å². The lowest BCUT2D eigenvalue weighted by Gasteiger charge is -2.61. The van der Waals surface area contributed by atoms with E-state index in [1.54, 1.807) is 20.8 Å². The third-order valence-corrected chi connectivity index (χ3v) is 10.8. The van der Waals surface area contributed by atoms with Gasteiger partial charge in [-0.2, -0.15) is 0 Å². The van der Waals surface area contributed by atoms with Crippen LogP contribution in [0.5, 0.6) is 0 Å². The molecule has 0 aromatic heterocycles. The average Bonchev–Trinajstić information content (AvgIpc) is 3.01. The first-order valence-corrected chi connectivity index (χ1v) is 13.6. The fourth-order valence-electron chi connectivity index (χ4n) is 8.04. The van der Waals surface area contributed by atoms with E-state index in [2.05, 4.69) is 15.9 Å². The van der Waals surface area contributed by atoms with E-state index in [-0.39, 0.29) is 48.6 Å². The summed E-state index contributed by atoms with van der Waals surface area (Å²) in [6.07, 6.45) is -2.55. The molecule has 0 bridgehead atoms. The van der Waals surface area contributed by atoms with Gasteiger partial charge >= 0.3 is 5.97 Å². The van der Waals surface area contributed by atoms with Gasteiger partial charge in [-0.1, -0.05) is 19.9 Å². The Kier molecular flexibility index (Phi) is 7.18. The molecule has 37 heavy (non-hydrogen) atoms. The minimum Gasteiger partial charge on any atom is -0.481 e. The van der Waals surface area contributed by atoms with E-state index in [9.17, 15) is 29.7 Å². The number of allylic oxidation sites excluding steroid dienone is 4. The Morgan fingerprint density at radius 3 is 2.43 bits per heavy atom. The maximum atomic E-state index is 17.2. The number of hydrogen-bond donors (Lipinski definition) is 4. The van der Waals surface area contributed by atoms with Gasteiger partial charge in [0, 0.05) is 16.7 Å². The summed E-state index contributed by atoms with van der Waals surface area (Å²) in [6, 6.07) is 0. The molecule has 0 saturated heterocycles. The Morgan fingerprint density at radius 2 is 1.81 bits per heavy atom. The van der Waals surface area contributed by atoms with Crippen molar-refractivity contribution in [1.29, 1.82) is 0 Å². The predicted molar refractivity (Wildman–Crippen MR) is 133 cm³/mol. The fourth-order valence-corrected chi connectivity index (χ4v) is 8.61. The van der Waals surface area contributed by atoms with Crippen molar-refractivity contribution in [1.82, 2.24) is 0 Å². The lowest BCUT2D eigenvalue weighted by atomic mass is 9.45. The first-order valence-electron chi connectivity index (χ1n) is 12.8. The Bertz CT molecular complexity index is 1080. The Balaban J connectivity index is 1.64. The standard InChI is InChI=1S/C27H35BrF2O7/c1-13-8-15-16-10-19(29)17-11-21(33)18(28)12-25(17,3)26(16,30)7-6-24(15,2)27(13,37)23(36)20(32)5-4-14(31)9-22(34)35/h11-16,19-20,31-32,37H,4-10H2,1-3H3,(H,34,35)/t13-,14?,15+,16+,19-,20?,24+,25+,26-,27+/m1/s1.